The summed E-state index contributed by atoms with van der Waals surface area (Å²) >= 11 is 0. The molecule has 0 bridgehead atoms. The maximum absolute atomic E-state index is 13.6. The molecular formula is C14H22FNO3. The van der Waals surface area contributed by atoms with E-state index < -0.39 is 5.82 Å². The second kappa shape index (κ2) is 7.19. The van der Waals surface area contributed by atoms with Crippen molar-refractivity contribution >= 4 is 5.69 Å². The molecule has 0 radical (unpaired) electrons. The Kier molecular flexibility index (Phi) is 5.89. The van der Waals surface area contributed by atoms with E-state index in [0.717, 1.165) is 0 Å². The molecule has 0 amide bonds. The average Bonchev–Trinajstić information content (AvgIpc) is 2.29. The van der Waals surface area contributed by atoms with Crippen LogP contribution in [0.3, 0.4) is 0 Å². The highest BCUT2D eigenvalue weighted by atomic mass is 19.1. The zero-order valence-corrected chi connectivity index (χ0v) is 11.9. The molecule has 0 aromatic heterocycles. The number of benzene rings is 1. The van der Waals surface area contributed by atoms with E-state index in [1.807, 2.05) is 27.7 Å². The molecule has 0 atom stereocenters. The Hall–Kier alpha value is -1.49. The Balaban J connectivity index is 2.66. The number of hydrogen-bond acceptors (Lipinski definition) is 4. The molecule has 0 aliphatic heterocycles. The predicted octanol–water partition coefficient (Wildman–Crippen LogP) is 3.00. The SMILES string of the molecule is CC(C)OCCOc1cc(OC(C)C)c(F)cc1N. The molecular weight excluding hydrogens is 249 g/mol. The fourth-order valence-electron chi connectivity index (χ4n) is 1.45. The van der Waals surface area contributed by atoms with Crippen molar-refractivity contribution in [2.45, 2.75) is 39.9 Å². The summed E-state index contributed by atoms with van der Waals surface area (Å²) in [6, 6.07) is 2.68. The highest BCUT2D eigenvalue weighted by molar-refractivity contribution is 5.56. The van der Waals surface area contributed by atoms with Gasteiger partial charge < -0.3 is 19.9 Å². The Bertz CT molecular complexity index is 408. The standard InChI is InChI=1S/C14H22FNO3/c1-9(2)17-5-6-18-14-8-13(19-10(3)4)11(15)7-12(14)16/h7-10H,5-6,16H2,1-4H3. The molecule has 0 saturated heterocycles. The van der Waals surface area contributed by atoms with E-state index in [0.29, 0.717) is 19.0 Å². The zero-order valence-electron chi connectivity index (χ0n) is 11.9. The van der Waals surface area contributed by atoms with Crippen LogP contribution in [0.25, 0.3) is 0 Å². The number of nitrogens with two attached hydrogens (primary N) is 1. The lowest BCUT2D eigenvalue weighted by Gasteiger charge is -2.15. The van der Waals surface area contributed by atoms with Crippen LogP contribution in [-0.2, 0) is 4.74 Å². The van der Waals surface area contributed by atoms with E-state index in [2.05, 4.69) is 0 Å². The van der Waals surface area contributed by atoms with Gasteiger partial charge in [-0.1, -0.05) is 0 Å². The highest BCUT2D eigenvalue weighted by Gasteiger charge is 2.11. The Labute approximate surface area is 113 Å². The van der Waals surface area contributed by atoms with Crippen molar-refractivity contribution in [3.05, 3.63) is 17.9 Å². The zero-order chi connectivity index (χ0) is 14.4. The molecule has 4 nitrogen and oxygen atoms in total. The van der Waals surface area contributed by atoms with Gasteiger partial charge in [-0.25, -0.2) is 4.39 Å². The van der Waals surface area contributed by atoms with Gasteiger partial charge in [0.1, 0.15) is 12.4 Å². The maximum atomic E-state index is 13.6. The van der Waals surface area contributed by atoms with Crippen LogP contribution in [0.5, 0.6) is 11.5 Å². The summed E-state index contributed by atoms with van der Waals surface area (Å²) in [4.78, 5) is 0. The largest absolute Gasteiger partial charge is 0.489 e. The minimum absolute atomic E-state index is 0.116. The van der Waals surface area contributed by atoms with Crippen LogP contribution >= 0.6 is 0 Å². The molecule has 0 aliphatic carbocycles. The van der Waals surface area contributed by atoms with E-state index in [4.69, 9.17) is 19.9 Å². The van der Waals surface area contributed by atoms with Gasteiger partial charge in [0, 0.05) is 12.1 Å². The number of rotatable bonds is 7. The van der Waals surface area contributed by atoms with Crippen LogP contribution < -0.4 is 15.2 Å². The normalized spacial score (nSPS) is 11.1. The Morgan fingerprint density at radius 2 is 1.74 bits per heavy atom. The molecule has 0 fully saturated rings. The van der Waals surface area contributed by atoms with E-state index >= 15 is 0 Å². The lowest BCUT2D eigenvalue weighted by atomic mass is 10.2. The van der Waals surface area contributed by atoms with Crippen molar-refractivity contribution in [3.8, 4) is 11.5 Å². The highest BCUT2D eigenvalue weighted by Crippen LogP contribution is 2.30. The molecule has 0 spiro atoms. The summed E-state index contributed by atoms with van der Waals surface area (Å²) < 4.78 is 29.8. The lowest BCUT2D eigenvalue weighted by molar-refractivity contribution is 0.0553. The summed E-state index contributed by atoms with van der Waals surface area (Å²) in [5.74, 6) is 0.0605. The van der Waals surface area contributed by atoms with Gasteiger partial charge in [-0.05, 0) is 27.7 Å². The third-order valence-electron chi connectivity index (χ3n) is 2.22. The minimum Gasteiger partial charge on any atom is -0.489 e. The molecule has 2 N–H and O–H groups in total. The van der Waals surface area contributed by atoms with Crippen LogP contribution in [0.4, 0.5) is 10.1 Å². The molecule has 0 heterocycles. The van der Waals surface area contributed by atoms with Gasteiger partial charge in [0.05, 0.1) is 24.5 Å². The molecule has 0 aliphatic rings. The number of nitrogen functional groups attached to an aromatic ring is 1. The molecule has 19 heavy (non-hydrogen) atoms. The molecule has 0 saturated carbocycles. The first-order chi connectivity index (χ1) is 8.90. The van der Waals surface area contributed by atoms with Gasteiger partial charge in [0.25, 0.3) is 0 Å². The van der Waals surface area contributed by atoms with Gasteiger partial charge in [-0.3, -0.25) is 0 Å². The van der Waals surface area contributed by atoms with E-state index in [-0.39, 0.29) is 23.6 Å². The van der Waals surface area contributed by atoms with Gasteiger partial charge in [-0.15, -0.1) is 0 Å². The third kappa shape index (κ3) is 5.34. The molecule has 1 aromatic carbocycles. The first-order valence-corrected chi connectivity index (χ1v) is 6.40. The first-order valence-electron chi connectivity index (χ1n) is 6.40. The van der Waals surface area contributed by atoms with Crippen molar-refractivity contribution in [2.75, 3.05) is 18.9 Å². The Morgan fingerprint density at radius 1 is 1.05 bits per heavy atom. The van der Waals surface area contributed by atoms with E-state index in [1.165, 1.54) is 12.1 Å². The molecule has 0 unspecified atom stereocenters. The smallest absolute Gasteiger partial charge is 0.167 e. The van der Waals surface area contributed by atoms with Gasteiger partial charge >= 0.3 is 0 Å². The van der Waals surface area contributed by atoms with Gasteiger partial charge in [0.15, 0.2) is 11.6 Å². The van der Waals surface area contributed by atoms with E-state index in [1.54, 1.807) is 0 Å². The van der Waals surface area contributed by atoms with Gasteiger partial charge in [0.2, 0.25) is 0 Å². The number of ether oxygens (including phenoxy) is 3. The number of hydrogen-bond donors (Lipinski definition) is 1. The van der Waals surface area contributed by atoms with Crippen molar-refractivity contribution < 1.29 is 18.6 Å². The molecule has 1 aromatic rings. The average molecular weight is 271 g/mol. The van der Waals surface area contributed by atoms with E-state index in [9.17, 15) is 4.39 Å². The minimum atomic E-state index is -0.489. The van der Waals surface area contributed by atoms with Crippen LogP contribution in [0.15, 0.2) is 12.1 Å². The van der Waals surface area contributed by atoms with Crippen LogP contribution in [0.2, 0.25) is 0 Å². The predicted molar refractivity (Wildman–Crippen MR) is 73.2 cm³/mol. The van der Waals surface area contributed by atoms with Crippen LogP contribution in [0.1, 0.15) is 27.7 Å². The second-order valence-corrected chi connectivity index (χ2v) is 4.76. The topological polar surface area (TPSA) is 53.7 Å². The molecule has 108 valence electrons. The monoisotopic (exact) mass is 271 g/mol. The number of halogens is 1. The summed E-state index contributed by atoms with van der Waals surface area (Å²) in [6.07, 6.45) is 0.0317. The third-order valence-corrected chi connectivity index (χ3v) is 2.22. The maximum Gasteiger partial charge on any atom is 0.167 e. The van der Waals surface area contributed by atoms with Gasteiger partial charge in [-0.2, -0.15) is 0 Å². The van der Waals surface area contributed by atoms with Crippen molar-refractivity contribution in [1.82, 2.24) is 0 Å². The summed E-state index contributed by atoms with van der Waals surface area (Å²) in [6.45, 7) is 8.35. The summed E-state index contributed by atoms with van der Waals surface area (Å²) in [7, 11) is 0. The van der Waals surface area contributed by atoms with Crippen molar-refractivity contribution in [2.24, 2.45) is 0 Å². The second-order valence-electron chi connectivity index (χ2n) is 4.76. The van der Waals surface area contributed by atoms with Crippen molar-refractivity contribution in [1.29, 1.82) is 0 Å². The van der Waals surface area contributed by atoms with Crippen LogP contribution in [0, 0.1) is 5.82 Å². The molecule has 1 rings (SSSR count). The summed E-state index contributed by atoms with van der Waals surface area (Å²) in [5.41, 5.74) is 5.95. The fourth-order valence-corrected chi connectivity index (χ4v) is 1.45. The number of anilines is 1. The molecule has 5 heteroatoms. The van der Waals surface area contributed by atoms with Crippen LogP contribution in [-0.4, -0.2) is 25.4 Å². The lowest BCUT2D eigenvalue weighted by Crippen LogP contribution is -2.12. The fraction of sp³-hybridized carbons (Fsp3) is 0.571. The quantitative estimate of drug-likeness (QED) is 0.612. The first kappa shape index (κ1) is 15.6. The van der Waals surface area contributed by atoms with Crippen molar-refractivity contribution in [3.63, 3.8) is 0 Å². The Morgan fingerprint density at radius 3 is 2.32 bits per heavy atom. The summed E-state index contributed by atoms with van der Waals surface area (Å²) in [5, 5.41) is 0.